The van der Waals surface area contributed by atoms with Gasteiger partial charge < -0.3 is 9.64 Å². The lowest BCUT2D eigenvalue weighted by atomic mass is 9.82. The number of carbonyl (C=O) groups excluding carboxylic acids is 1. The first kappa shape index (κ1) is 15.0. The molecule has 3 nitrogen and oxygen atoms in total. The second kappa shape index (κ2) is 6.89. The van der Waals surface area contributed by atoms with Crippen LogP contribution in [-0.4, -0.2) is 31.0 Å². The maximum atomic E-state index is 11.1. The number of hydrogen-bond acceptors (Lipinski definition) is 3. The number of rotatable bonds is 5. The number of ether oxygens (including phenoxy) is 1. The molecule has 110 valence electrons. The van der Waals surface area contributed by atoms with E-state index in [2.05, 4.69) is 24.9 Å². The Hall–Kier alpha value is -1.35. The molecule has 0 radical (unpaired) electrons. The highest BCUT2D eigenvalue weighted by Crippen LogP contribution is 2.36. The minimum atomic E-state index is -0.255. The van der Waals surface area contributed by atoms with Gasteiger partial charge in [0.2, 0.25) is 0 Å². The number of carbonyl (C=O) groups is 1. The molecule has 2 atom stereocenters. The molecule has 1 aliphatic rings. The van der Waals surface area contributed by atoms with Crippen LogP contribution in [0, 0.1) is 5.92 Å². The molecule has 2 unspecified atom stereocenters. The van der Waals surface area contributed by atoms with Crippen LogP contribution in [0.2, 0.25) is 0 Å². The Morgan fingerprint density at radius 1 is 1.50 bits per heavy atom. The Bertz CT molecular complexity index is 458. The van der Waals surface area contributed by atoms with Crippen LogP contribution >= 0.6 is 0 Å². The SMILES string of the molecule is CCCC(c1cccc(OC(C)=O)c1)C1CCN(C)C1. The molecule has 1 heterocycles. The molecule has 20 heavy (non-hydrogen) atoms. The fraction of sp³-hybridized carbons (Fsp3) is 0.588. The van der Waals surface area contributed by atoms with Crippen LogP contribution in [0.5, 0.6) is 5.75 Å². The first-order chi connectivity index (χ1) is 9.60. The van der Waals surface area contributed by atoms with Crippen LogP contribution in [0.1, 0.15) is 44.6 Å². The lowest BCUT2D eigenvalue weighted by Crippen LogP contribution is -2.18. The van der Waals surface area contributed by atoms with Crippen molar-refractivity contribution in [1.29, 1.82) is 0 Å². The topological polar surface area (TPSA) is 29.5 Å². The predicted octanol–water partition coefficient (Wildman–Crippen LogP) is 3.45. The standard InChI is InChI=1S/C17H25NO2/c1-4-6-17(15-9-10-18(3)12-15)14-7-5-8-16(11-14)20-13(2)19/h5,7-8,11,15,17H,4,6,9-10,12H2,1-3H3. The van der Waals surface area contributed by atoms with E-state index < -0.39 is 0 Å². The molecule has 1 aromatic carbocycles. The minimum Gasteiger partial charge on any atom is -0.427 e. The van der Waals surface area contributed by atoms with Gasteiger partial charge in [0, 0.05) is 13.5 Å². The molecule has 0 saturated carbocycles. The van der Waals surface area contributed by atoms with Gasteiger partial charge >= 0.3 is 5.97 Å². The Kier molecular flexibility index (Phi) is 5.18. The Labute approximate surface area is 121 Å². The molecule has 0 bridgehead atoms. The molecular formula is C17H25NO2. The van der Waals surface area contributed by atoms with Gasteiger partial charge in [0.05, 0.1) is 0 Å². The summed E-state index contributed by atoms with van der Waals surface area (Å²) in [5, 5.41) is 0. The number of likely N-dealkylation sites (tertiary alicyclic amines) is 1. The lowest BCUT2D eigenvalue weighted by Gasteiger charge is -2.24. The number of esters is 1. The van der Waals surface area contributed by atoms with Crippen molar-refractivity contribution in [2.45, 2.75) is 39.0 Å². The molecule has 0 amide bonds. The maximum Gasteiger partial charge on any atom is 0.308 e. The van der Waals surface area contributed by atoms with Crippen molar-refractivity contribution in [1.82, 2.24) is 4.90 Å². The molecule has 2 rings (SSSR count). The second-order valence-electron chi connectivity index (χ2n) is 5.87. The third-order valence-electron chi connectivity index (χ3n) is 4.14. The zero-order valence-corrected chi connectivity index (χ0v) is 12.8. The van der Waals surface area contributed by atoms with E-state index in [-0.39, 0.29) is 5.97 Å². The van der Waals surface area contributed by atoms with E-state index in [4.69, 9.17) is 4.74 Å². The van der Waals surface area contributed by atoms with Gasteiger partial charge in [0.1, 0.15) is 5.75 Å². The highest BCUT2D eigenvalue weighted by atomic mass is 16.5. The number of benzene rings is 1. The molecule has 1 saturated heterocycles. The first-order valence-electron chi connectivity index (χ1n) is 7.57. The van der Waals surface area contributed by atoms with Crippen molar-refractivity contribution in [3.05, 3.63) is 29.8 Å². The van der Waals surface area contributed by atoms with Gasteiger partial charge in [0.25, 0.3) is 0 Å². The van der Waals surface area contributed by atoms with Crippen LogP contribution in [-0.2, 0) is 4.79 Å². The van der Waals surface area contributed by atoms with Gasteiger partial charge in [-0.3, -0.25) is 4.79 Å². The predicted molar refractivity (Wildman–Crippen MR) is 81.0 cm³/mol. The normalized spacial score (nSPS) is 20.9. The first-order valence-corrected chi connectivity index (χ1v) is 7.57. The molecule has 0 N–H and O–H groups in total. The van der Waals surface area contributed by atoms with Crippen molar-refractivity contribution in [3.8, 4) is 5.75 Å². The molecule has 0 spiro atoms. The summed E-state index contributed by atoms with van der Waals surface area (Å²) in [6, 6.07) is 8.06. The zero-order chi connectivity index (χ0) is 14.5. The van der Waals surface area contributed by atoms with Crippen molar-refractivity contribution >= 4 is 5.97 Å². The zero-order valence-electron chi connectivity index (χ0n) is 12.8. The van der Waals surface area contributed by atoms with E-state index >= 15 is 0 Å². The molecule has 0 aromatic heterocycles. The van der Waals surface area contributed by atoms with E-state index in [0.717, 1.165) is 0 Å². The highest BCUT2D eigenvalue weighted by molar-refractivity contribution is 5.69. The Morgan fingerprint density at radius 2 is 2.30 bits per heavy atom. The summed E-state index contributed by atoms with van der Waals surface area (Å²) in [5.41, 5.74) is 1.31. The van der Waals surface area contributed by atoms with Crippen LogP contribution < -0.4 is 4.74 Å². The third kappa shape index (κ3) is 3.83. The average Bonchev–Trinajstić information content (AvgIpc) is 2.82. The van der Waals surface area contributed by atoms with Crippen molar-refractivity contribution in [2.75, 3.05) is 20.1 Å². The maximum absolute atomic E-state index is 11.1. The monoisotopic (exact) mass is 275 g/mol. The summed E-state index contributed by atoms with van der Waals surface area (Å²) in [6.07, 6.45) is 3.64. The molecular weight excluding hydrogens is 250 g/mol. The van der Waals surface area contributed by atoms with E-state index in [1.807, 2.05) is 18.2 Å². The quantitative estimate of drug-likeness (QED) is 0.609. The van der Waals surface area contributed by atoms with Crippen LogP contribution in [0.4, 0.5) is 0 Å². The summed E-state index contributed by atoms with van der Waals surface area (Å²) in [7, 11) is 2.19. The van der Waals surface area contributed by atoms with E-state index in [1.165, 1.54) is 44.8 Å². The van der Waals surface area contributed by atoms with Crippen molar-refractivity contribution in [3.63, 3.8) is 0 Å². The van der Waals surface area contributed by atoms with Gasteiger partial charge in [-0.25, -0.2) is 0 Å². The summed E-state index contributed by atoms with van der Waals surface area (Å²) in [6.45, 7) is 6.04. The summed E-state index contributed by atoms with van der Waals surface area (Å²) in [5.74, 6) is 1.70. The van der Waals surface area contributed by atoms with Crippen LogP contribution in [0.3, 0.4) is 0 Å². The smallest absolute Gasteiger partial charge is 0.308 e. The summed E-state index contributed by atoms with van der Waals surface area (Å²) >= 11 is 0. The summed E-state index contributed by atoms with van der Waals surface area (Å²) < 4.78 is 5.22. The second-order valence-corrected chi connectivity index (χ2v) is 5.87. The van der Waals surface area contributed by atoms with E-state index in [9.17, 15) is 4.79 Å². The van der Waals surface area contributed by atoms with Crippen molar-refractivity contribution < 1.29 is 9.53 Å². The molecule has 1 aromatic rings. The summed E-state index contributed by atoms with van der Waals surface area (Å²) in [4.78, 5) is 13.5. The van der Waals surface area contributed by atoms with Gasteiger partial charge in [-0.1, -0.05) is 25.5 Å². The van der Waals surface area contributed by atoms with Crippen LogP contribution in [0.15, 0.2) is 24.3 Å². The van der Waals surface area contributed by atoms with Crippen molar-refractivity contribution in [2.24, 2.45) is 5.92 Å². The Morgan fingerprint density at radius 3 is 2.90 bits per heavy atom. The third-order valence-corrected chi connectivity index (χ3v) is 4.14. The van der Waals surface area contributed by atoms with Crippen LogP contribution in [0.25, 0.3) is 0 Å². The molecule has 0 aliphatic carbocycles. The number of hydrogen-bond donors (Lipinski definition) is 0. The van der Waals surface area contributed by atoms with Gasteiger partial charge in [-0.2, -0.15) is 0 Å². The fourth-order valence-electron chi connectivity index (χ4n) is 3.26. The fourth-order valence-corrected chi connectivity index (χ4v) is 3.26. The molecule has 1 fully saturated rings. The average molecular weight is 275 g/mol. The van der Waals surface area contributed by atoms with E-state index in [0.29, 0.717) is 17.6 Å². The van der Waals surface area contributed by atoms with Gasteiger partial charge in [-0.05, 0) is 56.0 Å². The molecule has 1 aliphatic heterocycles. The highest BCUT2D eigenvalue weighted by Gasteiger charge is 2.28. The van der Waals surface area contributed by atoms with Gasteiger partial charge in [0.15, 0.2) is 0 Å². The Balaban J connectivity index is 2.18. The largest absolute Gasteiger partial charge is 0.427 e. The minimum absolute atomic E-state index is 0.255. The van der Waals surface area contributed by atoms with Gasteiger partial charge in [-0.15, -0.1) is 0 Å². The number of nitrogens with zero attached hydrogens (tertiary/aromatic N) is 1. The van der Waals surface area contributed by atoms with E-state index in [1.54, 1.807) is 0 Å². The molecule has 3 heteroatoms. The lowest BCUT2D eigenvalue weighted by molar-refractivity contribution is -0.131.